The molecule has 2 aliphatic heterocycles. The SMILES string of the molecule is CNC(=O)C1C[C@@H](C)C(O[C@@H]2OC(C)[C@@H](O)C(O)[C@@H]2O)[C@H](O[C@@H]2O[C@@H](CO)[C@H](O)C(O[C@@H](CC3CCCCC3)C(=O)O)C2OC(=O)c2ccccc2)C1. The van der Waals surface area contributed by atoms with E-state index >= 15 is 0 Å². The summed E-state index contributed by atoms with van der Waals surface area (Å²) < 4.78 is 36.7. The molecule has 1 aromatic carbocycles. The predicted octanol–water partition coefficient (Wildman–Crippen LogP) is 0.489. The van der Waals surface area contributed by atoms with E-state index in [1.807, 2.05) is 0 Å². The predicted molar refractivity (Wildman–Crippen MR) is 183 cm³/mol. The first-order chi connectivity index (χ1) is 25.3. The van der Waals surface area contributed by atoms with E-state index in [9.17, 15) is 45.0 Å². The van der Waals surface area contributed by atoms with Gasteiger partial charge in [-0.05, 0) is 50.2 Å². The number of carbonyl (C=O) groups is 3. The number of rotatable bonds is 13. The molecular weight excluding hydrogens is 698 g/mol. The molecule has 15 atom stereocenters. The minimum absolute atomic E-state index is 0.0364. The molecule has 53 heavy (non-hydrogen) atoms. The third kappa shape index (κ3) is 9.92. The molecular formula is C37H55NO15. The molecule has 6 unspecified atom stereocenters. The summed E-state index contributed by atoms with van der Waals surface area (Å²) in [6, 6.07) is 7.98. The van der Waals surface area contributed by atoms with Crippen molar-refractivity contribution in [3.8, 4) is 0 Å². The highest BCUT2D eigenvalue weighted by Crippen LogP contribution is 2.39. The lowest BCUT2D eigenvalue weighted by Gasteiger charge is -2.48. The largest absolute Gasteiger partial charge is 0.479 e. The molecule has 1 amide bonds. The summed E-state index contributed by atoms with van der Waals surface area (Å²) in [7, 11) is 1.50. The fourth-order valence-electron chi connectivity index (χ4n) is 8.01. The Morgan fingerprint density at radius 2 is 1.55 bits per heavy atom. The standard InChI is InChI=1S/C37H55NO15/c1-18-14-22(33(44)38-3)16-23(30(18)53-36-29(43)28(42)26(40)19(2)48-36)50-37-32(52-35(47)21-12-8-5-9-13-21)31(27(41)25(17-39)51-37)49-24(34(45)46)15-20-10-6-4-7-11-20/h5,8-9,12-13,18-20,22-32,36-37,39-43H,4,6-7,10-11,14-17H2,1-3H3,(H,38,44)(H,45,46)/t18-,19?,22?,23-,24+,25+,26-,27+,28?,29+,30?,31?,32?,36+,37-/m1/s1. The molecule has 2 saturated carbocycles. The molecule has 2 saturated heterocycles. The van der Waals surface area contributed by atoms with Gasteiger partial charge in [-0.2, -0.15) is 0 Å². The normalized spacial score (nSPS) is 38.8. The van der Waals surface area contributed by atoms with Gasteiger partial charge < -0.3 is 64.4 Å². The molecule has 16 heteroatoms. The van der Waals surface area contributed by atoms with Gasteiger partial charge >= 0.3 is 11.9 Å². The highest BCUT2D eigenvalue weighted by Gasteiger charge is 2.53. The number of hydrogen-bond acceptors (Lipinski definition) is 14. The van der Waals surface area contributed by atoms with E-state index in [1.54, 1.807) is 25.1 Å². The van der Waals surface area contributed by atoms with E-state index < -0.39 is 110 Å². The molecule has 0 radical (unpaired) electrons. The van der Waals surface area contributed by atoms with Gasteiger partial charge in [-0.25, -0.2) is 9.59 Å². The lowest BCUT2D eigenvalue weighted by atomic mass is 9.77. The van der Waals surface area contributed by atoms with Crippen molar-refractivity contribution in [3.63, 3.8) is 0 Å². The second-order valence-electron chi connectivity index (χ2n) is 14.8. The monoisotopic (exact) mass is 753 g/mol. The highest BCUT2D eigenvalue weighted by atomic mass is 16.7. The van der Waals surface area contributed by atoms with Crippen LogP contribution in [0, 0.1) is 17.8 Å². The number of carboxylic acid groups (broad SMARTS) is 1. The number of amides is 1. The van der Waals surface area contributed by atoms with Gasteiger partial charge in [0.25, 0.3) is 0 Å². The maximum absolute atomic E-state index is 13.6. The van der Waals surface area contributed by atoms with E-state index in [2.05, 4.69) is 5.32 Å². The van der Waals surface area contributed by atoms with Crippen LogP contribution in [-0.4, -0.2) is 142 Å². The Morgan fingerprint density at radius 1 is 0.849 bits per heavy atom. The Balaban J connectivity index is 1.48. The van der Waals surface area contributed by atoms with E-state index in [0.717, 1.165) is 32.1 Å². The third-order valence-corrected chi connectivity index (χ3v) is 11.0. The summed E-state index contributed by atoms with van der Waals surface area (Å²) in [6.45, 7) is 2.57. The minimum atomic E-state index is -1.65. The molecule has 0 bridgehead atoms. The third-order valence-electron chi connectivity index (χ3n) is 11.0. The van der Waals surface area contributed by atoms with E-state index in [1.165, 1.54) is 26.1 Å². The molecule has 5 rings (SSSR count). The average Bonchev–Trinajstić information content (AvgIpc) is 3.16. The molecule has 2 aliphatic carbocycles. The summed E-state index contributed by atoms with van der Waals surface area (Å²) in [5.41, 5.74) is 0.145. The topological polar surface area (TPSA) is 240 Å². The highest BCUT2D eigenvalue weighted by molar-refractivity contribution is 5.89. The first kappa shape index (κ1) is 41.4. The van der Waals surface area contributed by atoms with Crippen LogP contribution in [0.3, 0.4) is 0 Å². The van der Waals surface area contributed by atoms with Crippen LogP contribution >= 0.6 is 0 Å². The number of aliphatic carboxylic acids is 1. The van der Waals surface area contributed by atoms with Crippen molar-refractivity contribution in [1.29, 1.82) is 0 Å². The first-order valence-electron chi connectivity index (χ1n) is 18.6. The number of benzene rings is 1. The van der Waals surface area contributed by atoms with Gasteiger partial charge in [-0.3, -0.25) is 4.79 Å². The fourth-order valence-corrected chi connectivity index (χ4v) is 8.01. The average molecular weight is 754 g/mol. The molecule has 1 aromatic rings. The van der Waals surface area contributed by atoms with Crippen molar-refractivity contribution < 1.29 is 73.4 Å². The number of esters is 1. The molecule has 2 heterocycles. The van der Waals surface area contributed by atoms with E-state index in [0.29, 0.717) is 6.42 Å². The molecule has 298 valence electrons. The molecule has 4 fully saturated rings. The molecule has 7 N–H and O–H groups in total. The Bertz CT molecular complexity index is 1350. The number of nitrogens with one attached hydrogen (secondary N) is 1. The summed E-state index contributed by atoms with van der Waals surface area (Å²) in [5, 5.41) is 66.2. The number of aliphatic hydroxyl groups is 5. The van der Waals surface area contributed by atoms with Gasteiger partial charge in [-0.15, -0.1) is 0 Å². The van der Waals surface area contributed by atoms with Crippen molar-refractivity contribution in [3.05, 3.63) is 35.9 Å². The van der Waals surface area contributed by atoms with Crippen molar-refractivity contribution in [2.24, 2.45) is 17.8 Å². The Morgan fingerprint density at radius 3 is 2.19 bits per heavy atom. The van der Waals surface area contributed by atoms with Crippen LogP contribution in [0.4, 0.5) is 0 Å². The lowest BCUT2D eigenvalue weighted by molar-refractivity contribution is -0.349. The maximum Gasteiger partial charge on any atom is 0.338 e. The van der Waals surface area contributed by atoms with Crippen LogP contribution in [0.5, 0.6) is 0 Å². The van der Waals surface area contributed by atoms with Crippen LogP contribution in [0.25, 0.3) is 0 Å². The summed E-state index contributed by atoms with van der Waals surface area (Å²) in [6.07, 6.45) is -12.9. The second kappa shape index (κ2) is 18.7. The van der Waals surface area contributed by atoms with Crippen LogP contribution in [-0.2, 0) is 38.0 Å². The van der Waals surface area contributed by atoms with Crippen molar-refractivity contribution >= 4 is 17.8 Å². The first-order valence-corrected chi connectivity index (χ1v) is 18.6. The van der Waals surface area contributed by atoms with Gasteiger partial charge in [0.2, 0.25) is 5.91 Å². The molecule has 0 spiro atoms. The number of carbonyl (C=O) groups excluding carboxylic acids is 2. The summed E-state index contributed by atoms with van der Waals surface area (Å²) in [4.78, 5) is 39.1. The van der Waals surface area contributed by atoms with Crippen LogP contribution in [0.15, 0.2) is 30.3 Å². The zero-order valence-corrected chi connectivity index (χ0v) is 30.3. The summed E-state index contributed by atoms with van der Waals surface area (Å²) in [5.74, 6) is -3.34. The lowest BCUT2D eigenvalue weighted by Crippen LogP contribution is -2.64. The number of ether oxygens (including phenoxy) is 6. The van der Waals surface area contributed by atoms with E-state index in [4.69, 9.17) is 28.4 Å². The zero-order valence-electron chi connectivity index (χ0n) is 30.3. The number of carboxylic acids is 1. The zero-order chi connectivity index (χ0) is 38.4. The van der Waals surface area contributed by atoms with Gasteiger partial charge in [0.1, 0.15) is 36.6 Å². The van der Waals surface area contributed by atoms with Crippen LogP contribution < -0.4 is 5.32 Å². The maximum atomic E-state index is 13.6. The molecule has 16 nitrogen and oxygen atoms in total. The quantitative estimate of drug-likeness (QED) is 0.136. The van der Waals surface area contributed by atoms with Crippen LogP contribution in [0.2, 0.25) is 0 Å². The number of aliphatic hydroxyl groups excluding tert-OH is 5. The van der Waals surface area contributed by atoms with Gasteiger partial charge in [0.05, 0.1) is 30.5 Å². The van der Waals surface area contributed by atoms with Gasteiger partial charge in [0, 0.05) is 13.0 Å². The van der Waals surface area contributed by atoms with Crippen molar-refractivity contribution in [2.75, 3.05) is 13.7 Å². The minimum Gasteiger partial charge on any atom is -0.479 e. The number of hydrogen-bond donors (Lipinski definition) is 7. The fraction of sp³-hybridized carbons (Fsp3) is 0.757. The smallest absolute Gasteiger partial charge is 0.338 e. The molecule has 4 aliphatic rings. The van der Waals surface area contributed by atoms with Gasteiger partial charge in [0.15, 0.2) is 24.8 Å². The van der Waals surface area contributed by atoms with Crippen LogP contribution in [0.1, 0.15) is 75.6 Å². The summed E-state index contributed by atoms with van der Waals surface area (Å²) >= 11 is 0. The second-order valence-corrected chi connectivity index (χ2v) is 14.8. The van der Waals surface area contributed by atoms with Crippen molar-refractivity contribution in [1.82, 2.24) is 5.32 Å². The molecule has 0 aromatic heterocycles. The Labute approximate surface area is 308 Å². The Kier molecular flexibility index (Phi) is 14.6. The van der Waals surface area contributed by atoms with Gasteiger partial charge in [-0.1, -0.05) is 57.2 Å². The Hall–Kier alpha value is -2.77. The van der Waals surface area contributed by atoms with E-state index in [-0.39, 0.29) is 30.2 Å². The van der Waals surface area contributed by atoms with Crippen molar-refractivity contribution in [2.45, 2.75) is 145 Å².